The molecule has 0 radical (unpaired) electrons. The molecule has 0 saturated carbocycles. The van der Waals surface area contributed by atoms with Crippen LogP contribution in [0.5, 0.6) is 0 Å². The van der Waals surface area contributed by atoms with Crippen molar-refractivity contribution in [2.45, 2.75) is 33.1 Å². The second-order valence-corrected chi connectivity index (χ2v) is 7.30. The van der Waals surface area contributed by atoms with Gasteiger partial charge < -0.3 is 10.2 Å². The van der Waals surface area contributed by atoms with Crippen molar-refractivity contribution in [1.82, 2.24) is 14.9 Å². The number of carbonyl (C=O) groups excluding carboxylic acids is 1. The van der Waals surface area contributed by atoms with E-state index in [1.807, 2.05) is 4.90 Å². The summed E-state index contributed by atoms with van der Waals surface area (Å²) in [5.74, 6) is 1.70. The maximum atomic E-state index is 12.3. The molecule has 1 saturated heterocycles. The number of nitrogens with one attached hydrogen (secondary N) is 1. The van der Waals surface area contributed by atoms with Gasteiger partial charge in [0, 0.05) is 30.9 Å². The molecule has 1 atom stereocenters. The summed E-state index contributed by atoms with van der Waals surface area (Å²) in [5, 5.41) is 4.34. The van der Waals surface area contributed by atoms with Crippen molar-refractivity contribution in [3.8, 4) is 0 Å². The first-order valence-corrected chi connectivity index (χ1v) is 8.68. The molecular formula is C16H22N4OS. The van der Waals surface area contributed by atoms with Crippen LogP contribution < -0.4 is 5.32 Å². The molecule has 1 aliphatic heterocycles. The van der Waals surface area contributed by atoms with Gasteiger partial charge in [-0.3, -0.25) is 4.79 Å². The fraction of sp³-hybridized carbons (Fsp3) is 0.562. The van der Waals surface area contributed by atoms with Gasteiger partial charge in [-0.05, 0) is 31.7 Å². The summed E-state index contributed by atoms with van der Waals surface area (Å²) in [5.41, 5.74) is 0. The minimum absolute atomic E-state index is 0.242. The van der Waals surface area contributed by atoms with Crippen LogP contribution in [0.15, 0.2) is 12.4 Å². The maximum absolute atomic E-state index is 12.3. The maximum Gasteiger partial charge on any atom is 0.224 e. The van der Waals surface area contributed by atoms with Gasteiger partial charge >= 0.3 is 0 Å². The molecule has 1 fully saturated rings. The first-order valence-electron chi connectivity index (χ1n) is 7.86. The van der Waals surface area contributed by atoms with E-state index in [1.54, 1.807) is 17.7 Å². The number of hydrogen-bond donors (Lipinski definition) is 1. The van der Waals surface area contributed by atoms with Gasteiger partial charge in [0.05, 0.1) is 5.39 Å². The highest BCUT2D eigenvalue weighted by atomic mass is 32.1. The molecule has 0 spiro atoms. The van der Waals surface area contributed by atoms with Gasteiger partial charge in [0.25, 0.3) is 0 Å². The van der Waals surface area contributed by atoms with E-state index in [2.05, 4.69) is 35.2 Å². The van der Waals surface area contributed by atoms with Gasteiger partial charge in [-0.1, -0.05) is 6.92 Å². The third-order valence-electron chi connectivity index (χ3n) is 4.09. The number of amides is 1. The average Bonchev–Trinajstić information content (AvgIpc) is 2.88. The number of fused-ring (bicyclic) bond motifs is 1. The number of piperidine rings is 1. The molecule has 0 bridgehead atoms. The van der Waals surface area contributed by atoms with E-state index in [0.29, 0.717) is 18.9 Å². The molecule has 118 valence electrons. The van der Waals surface area contributed by atoms with Gasteiger partial charge in [-0.2, -0.15) is 0 Å². The largest absolute Gasteiger partial charge is 0.369 e. The zero-order valence-electron chi connectivity index (χ0n) is 13.1. The lowest BCUT2D eigenvalue weighted by atomic mass is 10.00. The Labute approximate surface area is 134 Å². The normalized spacial score (nSPS) is 18.6. The Hall–Kier alpha value is -1.69. The molecule has 1 aliphatic rings. The van der Waals surface area contributed by atoms with Crippen molar-refractivity contribution in [2.75, 3.05) is 25.0 Å². The summed E-state index contributed by atoms with van der Waals surface area (Å²) in [4.78, 5) is 25.0. The van der Waals surface area contributed by atoms with Gasteiger partial charge in [-0.15, -0.1) is 11.3 Å². The summed E-state index contributed by atoms with van der Waals surface area (Å²) in [7, 11) is 0. The molecule has 1 N–H and O–H groups in total. The molecule has 3 heterocycles. The van der Waals surface area contributed by atoms with Crippen LogP contribution >= 0.6 is 11.3 Å². The summed E-state index contributed by atoms with van der Waals surface area (Å²) >= 11 is 1.66. The smallest absolute Gasteiger partial charge is 0.224 e. The average molecular weight is 318 g/mol. The second kappa shape index (κ2) is 6.60. The Morgan fingerprint density at radius 1 is 1.50 bits per heavy atom. The van der Waals surface area contributed by atoms with Gasteiger partial charge in [0.1, 0.15) is 17.0 Å². The fourth-order valence-electron chi connectivity index (χ4n) is 2.98. The predicted molar refractivity (Wildman–Crippen MR) is 90.2 cm³/mol. The van der Waals surface area contributed by atoms with Crippen molar-refractivity contribution in [3.05, 3.63) is 17.3 Å². The quantitative estimate of drug-likeness (QED) is 0.941. The second-order valence-electron chi connectivity index (χ2n) is 6.06. The molecule has 22 heavy (non-hydrogen) atoms. The SMILES string of the molecule is Cc1cc2c(NCCC(=O)N3CCCC(C)C3)ncnc2s1. The molecule has 0 aliphatic carbocycles. The van der Waals surface area contributed by atoms with Crippen LogP contribution in [0.2, 0.25) is 0 Å². The third kappa shape index (κ3) is 3.38. The molecule has 1 amide bonds. The molecule has 1 unspecified atom stereocenters. The molecule has 3 rings (SSSR count). The Kier molecular flexibility index (Phi) is 4.57. The standard InChI is InChI=1S/C16H22N4OS/c1-11-4-3-7-20(9-11)14(21)5-6-17-15-13-8-12(2)22-16(13)19-10-18-15/h8,10-11H,3-7,9H2,1-2H3,(H,17,18,19). The van der Waals surface area contributed by atoms with E-state index >= 15 is 0 Å². The van der Waals surface area contributed by atoms with E-state index in [1.165, 1.54) is 11.3 Å². The summed E-state index contributed by atoms with van der Waals surface area (Å²) in [6, 6.07) is 2.09. The Balaban J connectivity index is 1.57. The molecular weight excluding hydrogens is 296 g/mol. The first kappa shape index (κ1) is 15.2. The van der Waals surface area contributed by atoms with E-state index in [0.717, 1.165) is 35.5 Å². The van der Waals surface area contributed by atoms with E-state index in [-0.39, 0.29) is 5.91 Å². The number of aryl methyl sites for hydroxylation is 1. The number of nitrogens with zero attached hydrogens (tertiary/aromatic N) is 3. The third-order valence-corrected chi connectivity index (χ3v) is 5.05. The van der Waals surface area contributed by atoms with Crippen LogP contribution in [0.25, 0.3) is 10.2 Å². The molecule has 0 aromatic carbocycles. The predicted octanol–water partition coefficient (Wildman–Crippen LogP) is 3.06. The van der Waals surface area contributed by atoms with E-state index < -0.39 is 0 Å². The van der Waals surface area contributed by atoms with Crippen molar-refractivity contribution in [2.24, 2.45) is 5.92 Å². The van der Waals surface area contributed by atoms with Crippen LogP contribution in [-0.2, 0) is 4.79 Å². The zero-order chi connectivity index (χ0) is 15.5. The molecule has 2 aromatic heterocycles. The highest BCUT2D eigenvalue weighted by Gasteiger charge is 2.20. The molecule has 6 heteroatoms. The number of carbonyl (C=O) groups is 1. The lowest BCUT2D eigenvalue weighted by Crippen LogP contribution is -2.39. The Morgan fingerprint density at radius 3 is 3.18 bits per heavy atom. The number of anilines is 1. The summed E-state index contributed by atoms with van der Waals surface area (Å²) < 4.78 is 0. The minimum Gasteiger partial charge on any atom is -0.369 e. The first-order chi connectivity index (χ1) is 10.6. The van der Waals surface area contributed by atoms with Crippen LogP contribution in [0.3, 0.4) is 0 Å². The van der Waals surface area contributed by atoms with Crippen LogP contribution in [-0.4, -0.2) is 40.4 Å². The fourth-order valence-corrected chi connectivity index (χ4v) is 3.83. The van der Waals surface area contributed by atoms with Crippen LogP contribution in [0.1, 0.15) is 31.1 Å². The minimum atomic E-state index is 0.242. The number of thiophene rings is 1. The number of likely N-dealkylation sites (tertiary alicyclic amines) is 1. The van der Waals surface area contributed by atoms with Gasteiger partial charge in [0.15, 0.2) is 0 Å². The highest BCUT2D eigenvalue weighted by Crippen LogP contribution is 2.27. The summed E-state index contributed by atoms with van der Waals surface area (Å²) in [6.07, 6.45) is 4.45. The molecule has 5 nitrogen and oxygen atoms in total. The molecule has 2 aromatic rings. The lowest BCUT2D eigenvalue weighted by Gasteiger charge is -2.31. The van der Waals surface area contributed by atoms with Crippen LogP contribution in [0.4, 0.5) is 5.82 Å². The Morgan fingerprint density at radius 2 is 2.36 bits per heavy atom. The van der Waals surface area contributed by atoms with Crippen molar-refractivity contribution in [3.63, 3.8) is 0 Å². The van der Waals surface area contributed by atoms with E-state index in [4.69, 9.17) is 0 Å². The highest BCUT2D eigenvalue weighted by molar-refractivity contribution is 7.18. The van der Waals surface area contributed by atoms with Gasteiger partial charge in [-0.25, -0.2) is 9.97 Å². The topological polar surface area (TPSA) is 58.1 Å². The monoisotopic (exact) mass is 318 g/mol. The number of aromatic nitrogens is 2. The summed E-state index contributed by atoms with van der Waals surface area (Å²) in [6.45, 7) is 6.71. The van der Waals surface area contributed by atoms with Crippen molar-refractivity contribution < 1.29 is 4.79 Å². The zero-order valence-corrected chi connectivity index (χ0v) is 13.9. The van der Waals surface area contributed by atoms with Crippen molar-refractivity contribution in [1.29, 1.82) is 0 Å². The number of hydrogen-bond acceptors (Lipinski definition) is 5. The Bertz CT molecular complexity index is 669. The lowest BCUT2D eigenvalue weighted by molar-refractivity contribution is -0.132. The van der Waals surface area contributed by atoms with Crippen LogP contribution in [0, 0.1) is 12.8 Å². The van der Waals surface area contributed by atoms with E-state index in [9.17, 15) is 4.79 Å². The van der Waals surface area contributed by atoms with Crippen molar-refractivity contribution >= 4 is 33.3 Å². The van der Waals surface area contributed by atoms with Gasteiger partial charge in [0.2, 0.25) is 5.91 Å². The number of rotatable bonds is 4.